The molecule has 4 atom stereocenters. The van der Waals surface area contributed by atoms with E-state index in [4.69, 9.17) is 4.74 Å². The van der Waals surface area contributed by atoms with Crippen LogP contribution in [0.3, 0.4) is 0 Å². The van der Waals surface area contributed by atoms with Crippen LogP contribution in [0.15, 0.2) is 30.3 Å². The number of esters is 1. The molecule has 0 radical (unpaired) electrons. The molecule has 2 aliphatic carbocycles. The van der Waals surface area contributed by atoms with Gasteiger partial charge in [-0.25, -0.2) is 13.6 Å². The molecular weight excluding hydrogens is 479 g/mol. The lowest BCUT2D eigenvalue weighted by atomic mass is 9.80. The number of nitrogens with zero attached hydrogens (tertiary/aromatic N) is 1. The number of piperidine rings is 1. The number of alkyl halides is 2. The molecule has 3 fully saturated rings. The van der Waals surface area contributed by atoms with E-state index >= 15 is 0 Å². The molecule has 0 bridgehead atoms. The van der Waals surface area contributed by atoms with Crippen LogP contribution < -0.4 is 24.0 Å². The lowest BCUT2D eigenvalue weighted by Gasteiger charge is -2.32. The molecule has 0 aromatic heterocycles. The normalized spacial score (nSPS) is 34.0. The Balaban J connectivity index is 0.00000225. The Morgan fingerprint density at radius 1 is 1.25 bits per heavy atom. The van der Waals surface area contributed by atoms with E-state index in [0.29, 0.717) is 23.3 Å². The Labute approximate surface area is 181 Å². The van der Waals surface area contributed by atoms with Crippen molar-refractivity contribution in [2.75, 3.05) is 33.8 Å². The van der Waals surface area contributed by atoms with Gasteiger partial charge in [0.25, 0.3) is 0 Å². The first kappa shape index (κ1) is 21.9. The molecule has 7 heteroatoms. The van der Waals surface area contributed by atoms with Crippen molar-refractivity contribution in [3.8, 4) is 0 Å². The molecule has 1 aromatic rings. The highest BCUT2D eigenvalue weighted by Gasteiger charge is 2.62. The zero-order valence-corrected chi connectivity index (χ0v) is 18.4. The smallest absolute Gasteiger partial charge is 0.343 e. The molecule has 3 unspecified atom stereocenters. The number of hydrogen-bond donors (Lipinski definition) is 1. The Hall–Kier alpha value is -0.800. The van der Waals surface area contributed by atoms with Crippen LogP contribution in [0.25, 0.3) is 0 Å². The molecule has 1 aromatic carbocycles. The summed E-state index contributed by atoms with van der Waals surface area (Å²) in [4.78, 5) is 12.9. The van der Waals surface area contributed by atoms with Crippen molar-refractivity contribution in [3.05, 3.63) is 35.9 Å². The van der Waals surface area contributed by atoms with Gasteiger partial charge in [0.2, 0.25) is 5.92 Å². The fourth-order valence-corrected chi connectivity index (χ4v) is 5.33. The van der Waals surface area contributed by atoms with Crippen LogP contribution >= 0.6 is 0 Å². The molecule has 2 saturated carbocycles. The summed E-state index contributed by atoms with van der Waals surface area (Å²) >= 11 is 0. The van der Waals surface area contributed by atoms with Gasteiger partial charge in [-0.3, -0.25) is 0 Å². The van der Waals surface area contributed by atoms with E-state index in [1.165, 1.54) is 0 Å². The Bertz CT molecular complexity index is 716. The monoisotopic (exact) mass is 507 g/mol. The van der Waals surface area contributed by atoms with Gasteiger partial charge in [-0.2, -0.15) is 0 Å². The number of fused-ring (bicyclic) bond motifs is 1. The lowest BCUT2D eigenvalue weighted by molar-refractivity contribution is -0.883. The first-order chi connectivity index (χ1) is 12.6. The fraction of sp³-hybridized carbons (Fsp3) is 0.667. The number of ether oxygens (including phenoxy) is 1. The van der Waals surface area contributed by atoms with Crippen LogP contribution in [0.2, 0.25) is 0 Å². The SMILES string of the molecule is C[N+]1(C)CC2C(COC(=O)[C@](O)(c3ccccc3)C3CCC(F)(F)C3)C2C1.[I-]. The summed E-state index contributed by atoms with van der Waals surface area (Å²) in [6.45, 7) is 2.42. The molecule has 0 spiro atoms. The molecule has 0 amide bonds. The highest BCUT2D eigenvalue weighted by Crippen LogP contribution is 2.54. The topological polar surface area (TPSA) is 46.5 Å². The van der Waals surface area contributed by atoms with Gasteiger partial charge in [0, 0.05) is 36.5 Å². The van der Waals surface area contributed by atoms with E-state index in [-0.39, 0.29) is 43.4 Å². The number of carbonyl (C=O) groups excluding carboxylic acids is 1. The van der Waals surface area contributed by atoms with Crippen molar-refractivity contribution >= 4 is 5.97 Å². The van der Waals surface area contributed by atoms with Crippen molar-refractivity contribution in [2.24, 2.45) is 23.7 Å². The molecular formula is C21H28F2INO3. The van der Waals surface area contributed by atoms with E-state index in [9.17, 15) is 18.7 Å². The van der Waals surface area contributed by atoms with Crippen molar-refractivity contribution in [3.63, 3.8) is 0 Å². The average molecular weight is 507 g/mol. The average Bonchev–Trinajstić information content (AvgIpc) is 2.91. The van der Waals surface area contributed by atoms with Gasteiger partial charge < -0.3 is 38.3 Å². The van der Waals surface area contributed by atoms with E-state index < -0.39 is 29.8 Å². The Morgan fingerprint density at radius 3 is 2.39 bits per heavy atom. The summed E-state index contributed by atoms with van der Waals surface area (Å²) in [5.74, 6) is -3.00. The zero-order valence-electron chi connectivity index (χ0n) is 16.3. The number of likely N-dealkylation sites (tertiary alicyclic amines) is 1. The minimum Gasteiger partial charge on any atom is -1.00 e. The first-order valence-electron chi connectivity index (χ1n) is 9.77. The lowest BCUT2D eigenvalue weighted by Crippen LogP contribution is -3.00. The summed E-state index contributed by atoms with van der Waals surface area (Å²) in [5, 5.41) is 11.3. The van der Waals surface area contributed by atoms with Gasteiger partial charge in [0.15, 0.2) is 5.60 Å². The van der Waals surface area contributed by atoms with E-state index in [2.05, 4.69) is 14.1 Å². The van der Waals surface area contributed by atoms with Gasteiger partial charge >= 0.3 is 5.97 Å². The summed E-state index contributed by atoms with van der Waals surface area (Å²) in [7, 11) is 4.40. The maximum absolute atomic E-state index is 13.8. The maximum atomic E-state index is 13.8. The van der Waals surface area contributed by atoms with Crippen LogP contribution in [0.5, 0.6) is 0 Å². The number of hydrogen-bond acceptors (Lipinski definition) is 3. The molecule has 1 saturated heterocycles. The predicted molar refractivity (Wildman–Crippen MR) is 95.9 cm³/mol. The minimum absolute atomic E-state index is 0. The highest BCUT2D eigenvalue weighted by molar-refractivity contribution is 5.81. The van der Waals surface area contributed by atoms with Gasteiger partial charge in [0.05, 0.1) is 33.8 Å². The number of quaternary nitrogens is 1. The molecule has 1 N–H and O–H groups in total. The van der Waals surface area contributed by atoms with E-state index in [0.717, 1.165) is 17.6 Å². The molecule has 28 heavy (non-hydrogen) atoms. The molecule has 3 aliphatic rings. The highest BCUT2D eigenvalue weighted by atomic mass is 127. The second-order valence-corrected chi connectivity index (χ2v) is 9.32. The van der Waals surface area contributed by atoms with Crippen molar-refractivity contribution < 1.29 is 51.9 Å². The number of aliphatic hydroxyl groups is 1. The zero-order chi connectivity index (χ0) is 19.4. The van der Waals surface area contributed by atoms with E-state index in [1.807, 2.05) is 0 Å². The Morgan fingerprint density at radius 2 is 1.86 bits per heavy atom. The van der Waals surface area contributed by atoms with Crippen LogP contribution in [0.4, 0.5) is 8.78 Å². The van der Waals surface area contributed by atoms with Crippen molar-refractivity contribution in [1.29, 1.82) is 0 Å². The number of benzene rings is 1. The second kappa shape index (κ2) is 7.47. The number of halogens is 3. The third-order valence-corrected chi connectivity index (χ3v) is 6.85. The quantitative estimate of drug-likeness (QED) is 0.342. The molecule has 1 aliphatic heterocycles. The van der Waals surface area contributed by atoms with Crippen LogP contribution in [0, 0.1) is 23.7 Å². The standard InChI is InChI=1S/C21H28F2NO3.HI/c1-24(2)11-16-17(12-24)18(16)13-27-19(25)21(26,14-6-4-3-5-7-14)15-8-9-20(22,23)10-15;/h3-7,15-18,26H,8-13H2,1-2H3;1H/q+1;/p-1/t15?,16?,17?,18?,21-;/m0./s1. The third kappa shape index (κ3) is 3.94. The summed E-state index contributed by atoms with van der Waals surface area (Å²) < 4.78 is 34.1. The summed E-state index contributed by atoms with van der Waals surface area (Å²) in [6.07, 6.45) is -0.693. The van der Waals surface area contributed by atoms with Crippen LogP contribution in [-0.4, -0.2) is 55.3 Å². The second-order valence-electron chi connectivity index (χ2n) is 9.32. The van der Waals surface area contributed by atoms with Crippen LogP contribution in [-0.2, 0) is 15.1 Å². The summed E-state index contributed by atoms with van der Waals surface area (Å²) in [6, 6.07) is 8.40. The van der Waals surface area contributed by atoms with Gasteiger partial charge in [-0.05, 0) is 12.0 Å². The molecule has 156 valence electrons. The van der Waals surface area contributed by atoms with Crippen LogP contribution in [0.1, 0.15) is 24.8 Å². The summed E-state index contributed by atoms with van der Waals surface area (Å²) in [5.41, 5.74) is -1.67. The van der Waals surface area contributed by atoms with E-state index in [1.54, 1.807) is 30.3 Å². The van der Waals surface area contributed by atoms with Crippen molar-refractivity contribution in [1.82, 2.24) is 0 Å². The minimum atomic E-state index is -2.84. The predicted octanol–water partition coefficient (Wildman–Crippen LogP) is -0.191. The molecule has 1 heterocycles. The fourth-order valence-electron chi connectivity index (χ4n) is 5.33. The van der Waals surface area contributed by atoms with Gasteiger partial charge in [-0.1, -0.05) is 30.3 Å². The molecule has 4 rings (SSSR count). The largest absolute Gasteiger partial charge is 1.00 e. The van der Waals surface area contributed by atoms with Gasteiger partial charge in [-0.15, -0.1) is 0 Å². The third-order valence-electron chi connectivity index (χ3n) is 6.85. The maximum Gasteiger partial charge on any atom is 0.343 e. The Kier molecular flexibility index (Phi) is 5.84. The first-order valence-corrected chi connectivity index (χ1v) is 9.77. The number of rotatable bonds is 5. The van der Waals surface area contributed by atoms with Crippen molar-refractivity contribution in [2.45, 2.75) is 30.8 Å². The number of carbonyl (C=O) groups is 1. The molecule has 4 nitrogen and oxygen atoms in total. The van der Waals surface area contributed by atoms with Gasteiger partial charge in [0.1, 0.15) is 0 Å².